The molecule has 2 aromatic carbocycles. The lowest BCUT2D eigenvalue weighted by atomic mass is 10.1. The van der Waals surface area contributed by atoms with Gasteiger partial charge in [-0.15, -0.1) is 0 Å². The SMILES string of the molecule is COc1ccccc1-c1ccc(=O)n(CC(=O)Nc2ccc(S(=O)(=O)Nc3cc(C)nc(C)n3)cc2)n1. The number of nitrogens with one attached hydrogen (secondary N) is 2. The summed E-state index contributed by atoms with van der Waals surface area (Å²) in [6.07, 6.45) is 0. The molecule has 12 heteroatoms. The van der Waals surface area contributed by atoms with E-state index in [2.05, 4.69) is 25.1 Å². The largest absolute Gasteiger partial charge is 0.496 e. The molecule has 0 aliphatic heterocycles. The second-order valence-corrected chi connectivity index (χ2v) is 9.72. The number of hydrogen-bond donors (Lipinski definition) is 2. The Morgan fingerprint density at radius 3 is 2.43 bits per heavy atom. The first-order valence-electron chi connectivity index (χ1n) is 11.1. The van der Waals surface area contributed by atoms with Crippen molar-refractivity contribution in [2.24, 2.45) is 0 Å². The molecule has 0 radical (unpaired) electrons. The average molecular weight is 521 g/mol. The van der Waals surface area contributed by atoms with Crippen LogP contribution in [0.15, 0.2) is 76.4 Å². The molecule has 0 saturated heterocycles. The summed E-state index contributed by atoms with van der Waals surface area (Å²) in [5, 5.41) is 6.94. The van der Waals surface area contributed by atoms with Gasteiger partial charge in [-0.05, 0) is 56.3 Å². The van der Waals surface area contributed by atoms with Crippen LogP contribution in [0.3, 0.4) is 0 Å². The highest BCUT2D eigenvalue weighted by Crippen LogP contribution is 2.27. The number of carbonyl (C=O) groups excluding carboxylic acids is 1. The third-order valence-electron chi connectivity index (χ3n) is 5.20. The molecule has 0 unspecified atom stereocenters. The van der Waals surface area contributed by atoms with Crippen molar-refractivity contribution in [2.45, 2.75) is 25.3 Å². The summed E-state index contributed by atoms with van der Waals surface area (Å²) in [4.78, 5) is 33.1. The van der Waals surface area contributed by atoms with Crippen LogP contribution in [0.25, 0.3) is 11.3 Å². The number of rotatable bonds is 8. The van der Waals surface area contributed by atoms with E-state index < -0.39 is 21.5 Å². The molecule has 0 bridgehead atoms. The topological polar surface area (TPSA) is 145 Å². The molecule has 2 heterocycles. The van der Waals surface area contributed by atoms with E-state index in [4.69, 9.17) is 4.74 Å². The maximum Gasteiger partial charge on any atom is 0.267 e. The fourth-order valence-corrected chi connectivity index (χ4v) is 4.57. The fraction of sp³-hybridized carbons (Fsp3) is 0.160. The van der Waals surface area contributed by atoms with E-state index >= 15 is 0 Å². The Labute approximate surface area is 213 Å². The van der Waals surface area contributed by atoms with Crippen molar-refractivity contribution >= 4 is 27.4 Å². The second kappa shape index (κ2) is 10.6. The molecular formula is C25H24N6O5S. The predicted molar refractivity (Wildman–Crippen MR) is 138 cm³/mol. The Balaban J connectivity index is 1.46. The summed E-state index contributed by atoms with van der Waals surface area (Å²) in [5.74, 6) is 0.681. The van der Waals surface area contributed by atoms with Crippen LogP contribution in [-0.2, 0) is 21.4 Å². The first-order chi connectivity index (χ1) is 17.6. The lowest BCUT2D eigenvalue weighted by Crippen LogP contribution is -2.29. The van der Waals surface area contributed by atoms with Crippen molar-refractivity contribution in [2.75, 3.05) is 17.1 Å². The summed E-state index contributed by atoms with van der Waals surface area (Å²) in [7, 11) is -2.37. The van der Waals surface area contributed by atoms with Gasteiger partial charge < -0.3 is 10.1 Å². The highest BCUT2D eigenvalue weighted by molar-refractivity contribution is 7.92. The van der Waals surface area contributed by atoms with E-state index in [1.54, 1.807) is 32.0 Å². The van der Waals surface area contributed by atoms with Gasteiger partial charge in [0, 0.05) is 29.1 Å². The van der Waals surface area contributed by atoms with Crippen LogP contribution in [0.1, 0.15) is 11.5 Å². The van der Waals surface area contributed by atoms with E-state index in [9.17, 15) is 18.0 Å². The van der Waals surface area contributed by atoms with Gasteiger partial charge in [0.25, 0.3) is 15.6 Å². The summed E-state index contributed by atoms with van der Waals surface area (Å²) >= 11 is 0. The zero-order valence-electron chi connectivity index (χ0n) is 20.3. The lowest BCUT2D eigenvalue weighted by molar-refractivity contribution is -0.117. The van der Waals surface area contributed by atoms with Crippen molar-refractivity contribution in [1.29, 1.82) is 0 Å². The summed E-state index contributed by atoms with van der Waals surface area (Å²) in [5.41, 5.74) is 1.69. The molecule has 0 aliphatic rings. The monoisotopic (exact) mass is 520 g/mol. The standard InChI is InChI=1S/C25H24N6O5S/c1-16-14-23(27-17(2)26-16)30-37(34,35)19-10-8-18(9-11-19)28-24(32)15-31-25(33)13-12-21(29-31)20-6-4-5-7-22(20)36-3/h4-14H,15H2,1-3H3,(H,28,32)(H,26,27,30). The molecule has 0 fully saturated rings. The predicted octanol–water partition coefficient (Wildman–Crippen LogP) is 2.77. The molecule has 1 amide bonds. The first kappa shape index (κ1) is 25.5. The number of aryl methyl sites for hydroxylation is 2. The van der Waals surface area contributed by atoms with Gasteiger partial charge in [-0.25, -0.2) is 23.1 Å². The molecule has 4 rings (SSSR count). The quantitative estimate of drug-likeness (QED) is 0.361. The maximum absolute atomic E-state index is 12.7. The third kappa shape index (κ3) is 6.16. The number of carbonyl (C=O) groups is 1. The second-order valence-electron chi connectivity index (χ2n) is 8.03. The third-order valence-corrected chi connectivity index (χ3v) is 6.57. The van der Waals surface area contributed by atoms with Crippen LogP contribution in [0.4, 0.5) is 11.5 Å². The van der Waals surface area contributed by atoms with Crippen molar-refractivity contribution in [3.63, 3.8) is 0 Å². The number of methoxy groups -OCH3 is 1. The van der Waals surface area contributed by atoms with Crippen molar-refractivity contribution in [3.05, 3.63) is 88.6 Å². The molecule has 11 nitrogen and oxygen atoms in total. The average Bonchev–Trinajstić information content (AvgIpc) is 2.85. The van der Waals surface area contributed by atoms with Gasteiger partial charge in [0.2, 0.25) is 5.91 Å². The van der Waals surface area contributed by atoms with E-state index in [-0.39, 0.29) is 17.3 Å². The zero-order chi connectivity index (χ0) is 26.6. The molecule has 0 aliphatic carbocycles. The number of ether oxygens (including phenoxy) is 1. The van der Waals surface area contributed by atoms with Gasteiger partial charge in [0.05, 0.1) is 17.7 Å². The molecule has 4 aromatic rings. The minimum atomic E-state index is -3.90. The van der Waals surface area contributed by atoms with Crippen LogP contribution in [0.2, 0.25) is 0 Å². The molecule has 190 valence electrons. The van der Waals surface area contributed by atoms with Crippen molar-refractivity contribution in [1.82, 2.24) is 19.7 Å². The fourth-order valence-electron chi connectivity index (χ4n) is 3.58. The van der Waals surface area contributed by atoms with Crippen molar-refractivity contribution < 1.29 is 17.9 Å². The van der Waals surface area contributed by atoms with Gasteiger partial charge in [0.15, 0.2) is 0 Å². The van der Waals surface area contributed by atoms with Crippen LogP contribution >= 0.6 is 0 Å². The summed E-state index contributed by atoms with van der Waals surface area (Å²) in [6.45, 7) is 3.07. The number of nitrogens with zero attached hydrogens (tertiary/aromatic N) is 4. The zero-order valence-corrected chi connectivity index (χ0v) is 21.1. The minimum Gasteiger partial charge on any atom is -0.496 e. The summed E-state index contributed by atoms with van der Waals surface area (Å²) < 4.78 is 34.2. The van der Waals surface area contributed by atoms with Gasteiger partial charge in [-0.2, -0.15) is 5.10 Å². The highest BCUT2D eigenvalue weighted by atomic mass is 32.2. The Morgan fingerprint density at radius 2 is 1.73 bits per heavy atom. The Kier molecular flexibility index (Phi) is 7.30. The number of benzene rings is 2. The van der Waals surface area contributed by atoms with Crippen molar-refractivity contribution in [3.8, 4) is 17.0 Å². The highest BCUT2D eigenvalue weighted by Gasteiger charge is 2.16. The minimum absolute atomic E-state index is 0.0122. The number of aromatic nitrogens is 4. The molecular weight excluding hydrogens is 496 g/mol. The van der Waals surface area contributed by atoms with E-state index in [0.717, 1.165) is 4.68 Å². The van der Waals surface area contributed by atoms with Crippen LogP contribution in [0, 0.1) is 13.8 Å². The van der Waals surface area contributed by atoms with Crippen LogP contribution in [-0.4, -0.2) is 41.2 Å². The molecule has 2 aromatic heterocycles. The number of amides is 1. The smallest absolute Gasteiger partial charge is 0.267 e. The first-order valence-corrected chi connectivity index (χ1v) is 12.6. The lowest BCUT2D eigenvalue weighted by Gasteiger charge is -2.11. The summed E-state index contributed by atoms with van der Waals surface area (Å²) in [6, 6.07) is 17.2. The normalized spacial score (nSPS) is 11.1. The van der Waals surface area contributed by atoms with Gasteiger partial charge in [-0.1, -0.05) is 12.1 Å². The van der Waals surface area contributed by atoms with E-state index in [1.165, 1.54) is 43.5 Å². The van der Waals surface area contributed by atoms with Gasteiger partial charge >= 0.3 is 0 Å². The van der Waals surface area contributed by atoms with E-state index in [1.807, 2.05) is 12.1 Å². The van der Waals surface area contributed by atoms with Gasteiger partial charge in [-0.3, -0.25) is 14.3 Å². The van der Waals surface area contributed by atoms with E-state index in [0.29, 0.717) is 34.2 Å². The van der Waals surface area contributed by atoms with Gasteiger partial charge in [0.1, 0.15) is 23.9 Å². The van der Waals surface area contributed by atoms with Crippen LogP contribution in [0.5, 0.6) is 5.75 Å². The Hall–Kier alpha value is -4.58. The Bertz CT molecular complexity index is 1600. The molecule has 0 spiro atoms. The number of anilines is 2. The Morgan fingerprint density at radius 1 is 1.00 bits per heavy atom. The number of sulfonamides is 1. The molecule has 2 N–H and O–H groups in total. The van der Waals surface area contributed by atoms with Crippen LogP contribution < -0.4 is 20.3 Å². The molecule has 37 heavy (non-hydrogen) atoms. The molecule has 0 atom stereocenters. The number of para-hydroxylation sites is 1. The molecule has 0 saturated carbocycles. The number of hydrogen-bond acceptors (Lipinski definition) is 8. The maximum atomic E-state index is 12.7.